The summed E-state index contributed by atoms with van der Waals surface area (Å²) in [5, 5.41) is 3.11. The highest BCUT2D eigenvalue weighted by Crippen LogP contribution is 2.10. The van der Waals surface area contributed by atoms with Crippen molar-refractivity contribution in [3.63, 3.8) is 0 Å². The third kappa shape index (κ3) is 17.0. The average molecular weight is 381 g/mol. The zero-order chi connectivity index (χ0) is 20.2. The first-order valence-electron chi connectivity index (χ1n) is 11.8. The number of nitrogens with one attached hydrogen (secondary N) is 1. The largest absolute Gasteiger partial charge is 0.341 e. The third-order valence-corrected chi connectivity index (χ3v) is 5.40. The summed E-state index contributed by atoms with van der Waals surface area (Å²) in [7, 11) is 0. The second-order valence-electron chi connectivity index (χ2n) is 7.80. The van der Waals surface area contributed by atoms with Crippen LogP contribution >= 0.6 is 0 Å². The van der Waals surface area contributed by atoms with Gasteiger partial charge in [0.2, 0.25) is 5.91 Å². The number of nitrogens with zero attached hydrogens (tertiary/aromatic N) is 1. The van der Waals surface area contributed by atoms with Gasteiger partial charge in [-0.2, -0.15) is 0 Å². The van der Waals surface area contributed by atoms with Crippen molar-refractivity contribution >= 4 is 5.91 Å². The van der Waals surface area contributed by atoms with Crippen LogP contribution in [0.4, 0.5) is 0 Å². The molecule has 0 radical (unpaired) electrons. The molecule has 0 aliphatic heterocycles. The van der Waals surface area contributed by atoms with Gasteiger partial charge < -0.3 is 5.32 Å². The van der Waals surface area contributed by atoms with E-state index in [4.69, 9.17) is 0 Å². The number of carbonyl (C=O) groups excluding carboxylic acids is 1. The summed E-state index contributed by atoms with van der Waals surface area (Å²) < 4.78 is 0. The predicted octanol–water partition coefficient (Wildman–Crippen LogP) is 6.83. The van der Waals surface area contributed by atoms with Crippen molar-refractivity contribution in [3.05, 3.63) is 12.2 Å². The molecule has 3 nitrogen and oxygen atoms in total. The van der Waals surface area contributed by atoms with Crippen LogP contribution in [-0.2, 0) is 4.79 Å². The van der Waals surface area contributed by atoms with E-state index in [0.29, 0.717) is 6.42 Å². The first-order chi connectivity index (χ1) is 13.2. The maximum Gasteiger partial charge on any atom is 0.221 e. The lowest BCUT2D eigenvalue weighted by Gasteiger charge is -2.27. The molecule has 0 aliphatic rings. The van der Waals surface area contributed by atoms with Crippen molar-refractivity contribution in [1.82, 2.24) is 10.2 Å². The van der Waals surface area contributed by atoms with E-state index in [0.717, 1.165) is 19.5 Å². The van der Waals surface area contributed by atoms with E-state index in [1.807, 2.05) is 0 Å². The molecule has 27 heavy (non-hydrogen) atoms. The molecule has 0 fully saturated rings. The number of carbonyl (C=O) groups is 1. The second kappa shape index (κ2) is 19.9. The van der Waals surface area contributed by atoms with Crippen LogP contribution in [0.1, 0.15) is 118 Å². The molecular formula is C24H48N2O. The van der Waals surface area contributed by atoms with Crippen LogP contribution in [0, 0.1) is 0 Å². The van der Waals surface area contributed by atoms with E-state index in [1.54, 1.807) is 0 Å². The minimum atomic E-state index is 0.149. The van der Waals surface area contributed by atoms with Crippen LogP contribution in [0.5, 0.6) is 0 Å². The molecule has 160 valence electrons. The summed E-state index contributed by atoms with van der Waals surface area (Å²) in [6.07, 6.45) is 22.4. The van der Waals surface area contributed by atoms with Crippen molar-refractivity contribution in [2.75, 3.05) is 13.1 Å². The molecule has 0 rings (SSSR count). The minimum absolute atomic E-state index is 0.149. The number of hydrogen-bond acceptors (Lipinski definition) is 2. The molecule has 0 aromatic carbocycles. The molecule has 0 aliphatic carbocycles. The molecule has 0 saturated carbocycles. The van der Waals surface area contributed by atoms with Gasteiger partial charge in [-0.15, -0.1) is 0 Å². The number of unbranched alkanes of at least 4 members (excludes halogenated alkanes) is 11. The Morgan fingerprint density at radius 3 is 1.78 bits per heavy atom. The molecule has 0 aromatic heterocycles. The van der Waals surface area contributed by atoms with Crippen molar-refractivity contribution in [3.8, 4) is 0 Å². The molecule has 0 heterocycles. The van der Waals surface area contributed by atoms with Gasteiger partial charge in [0.15, 0.2) is 0 Å². The van der Waals surface area contributed by atoms with E-state index in [1.165, 1.54) is 77.0 Å². The summed E-state index contributed by atoms with van der Waals surface area (Å²) in [5.74, 6) is 0.201. The van der Waals surface area contributed by atoms with E-state index < -0.39 is 0 Å². The fourth-order valence-corrected chi connectivity index (χ4v) is 3.52. The lowest BCUT2D eigenvalue weighted by Crippen LogP contribution is -2.45. The second-order valence-corrected chi connectivity index (χ2v) is 7.80. The van der Waals surface area contributed by atoms with Crippen LogP contribution in [-0.4, -0.2) is 30.1 Å². The van der Waals surface area contributed by atoms with Crippen LogP contribution < -0.4 is 5.32 Å². The Balaban J connectivity index is 3.39. The van der Waals surface area contributed by atoms with Crippen molar-refractivity contribution in [2.24, 2.45) is 0 Å². The zero-order valence-corrected chi connectivity index (χ0v) is 18.9. The van der Waals surface area contributed by atoms with E-state index in [9.17, 15) is 4.79 Å². The quantitative estimate of drug-likeness (QED) is 0.151. The maximum atomic E-state index is 12.0. The number of rotatable bonds is 19. The molecule has 0 saturated heterocycles. The maximum absolute atomic E-state index is 12.0. The molecule has 1 amide bonds. The molecule has 0 aromatic rings. The molecule has 0 bridgehead atoms. The Hall–Kier alpha value is -0.830. The summed E-state index contributed by atoms with van der Waals surface area (Å²) in [4.78, 5) is 14.2. The van der Waals surface area contributed by atoms with Gasteiger partial charge >= 0.3 is 0 Å². The number of hydrogen-bond donors (Lipinski definition) is 1. The SMILES string of the molecule is CCCCCCCC/C=C\CCCCCCCC(=O)NC(C)N(CC)CC. The first kappa shape index (κ1) is 26.2. The Labute approximate surface area is 170 Å². The van der Waals surface area contributed by atoms with Gasteiger partial charge in [-0.3, -0.25) is 9.69 Å². The summed E-state index contributed by atoms with van der Waals surface area (Å²) >= 11 is 0. The topological polar surface area (TPSA) is 32.3 Å². The molecular weight excluding hydrogens is 332 g/mol. The van der Waals surface area contributed by atoms with Crippen LogP contribution in [0.3, 0.4) is 0 Å². The van der Waals surface area contributed by atoms with Crippen molar-refractivity contribution < 1.29 is 4.79 Å². The monoisotopic (exact) mass is 380 g/mol. The van der Waals surface area contributed by atoms with Crippen molar-refractivity contribution in [2.45, 2.75) is 124 Å². The van der Waals surface area contributed by atoms with Gasteiger partial charge in [0.25, 0.3) is 0 Å². The van der Waals surface area contributed by atoms with Gasteiger partial charge in [-0.1, -0.05) is 84.3 Å². The third-order valence-electron chi connectivity index (χ3n) is 5.40. The summed E-state index contributed by atoms with van der Waals surface area (Å²) in [5.41, 5.74) is 0. The van der Waals surface area contributed by atoms with E-state index in [2.05, 4.69) is 50.1 Å². The highest BCUT2D eigenvalue weighted by molar-refractivity contribution is 5.76. The molecule has 0 spiro atoms. The number of allylic oxidation sites excluding steroid dienone is 2. The number of amides is 1. The zero-order valence-electron chi connectivity index (χ0n) is 18.9. The Morgan fingerprint density at radius 1 is 0.778 bits per heavy atom. The van der Waals surface area contributed by atoms with Crippen LogP contribution in [0.2, 0.25) is 0 Å². The molecule has 1 atom stereocenters. The molecule has 3 heteroatoms. The lowest BCUT2D eigenvalue weighted by molar-refractivity contribution is -0.123. The summed E-state index contributed by atoms with van der Waals surface area (Å²) in [6.45, 7) is 10.6. The fourth-order valence-electron chi connectivity index (χ4n) is 3.52. The molecule has 1 N–H and O–H groups in total. The van der Waals surface area contributed by atoms with E-state index >= 15 is 0 Å². The normalized spacial score (nSPS) is 12.8. The van der Waals surface area contributed by atoms with Crippen molar-refractivity contribution in [1.29, 1.82) is 0 Å². The van der Waals surface area contributed by atoms with Gasteiger partial charge in [0.1, 0.15) is 0 Å². The highest BCUT2D eigenvalue weighted by atomic mass is 16.1. The average Bonchev–Trinajstić information content (AvgIpc) is 2.65. The Bertz CT molecular complexity index is 350. The lowest BCUT2D eigenvalue weighted by atomic mass is 10.1. The fraction of sp³-hybridized carbons (Fsp3) is 0.875. The van der Waals surface area contributed by atoms with Gasteiger partial charge in [-0.25, -0.2) is 0 Å². The Kier molecular flexibility index (Phi) is 19.3. The smallest absolute Gasteiger partial charge is 0.221 e. The Morgan fingerprint density at radius 2 is 1.26 bits per heavy atom. The minimum Gasteiger partial charge on any atom is -0.341 e. The molecule has 1 unspecified atom stereocenters. The van der Waals surface area contributed by atoms with Gasteiger partial charge in [0.05, 0.1) is 6.17 Å². The van der Waals surface area contributed by atoms with Crippen LogP contribution in [0.15, 0.2) is 12.2 Å². The standard InChI is InChI=1S/C24H48N2O/c1-5-8-9-10-11-12-13-14-15-16-17-18-19-20-21-22-24(27)25-23(4)26(6-2)7-3/h14-15,23H,5-13,16-22H2,1-4H3,(H,25,27)/b15-14-. The van der Waals surface area contributed by atoms with Gasteiger partial charge in [-0.05, 0) is 52.1 Å². The van der Waals surface area contributed by atoms with Gasteiger partial charge in [0, 0.05) is 6.42 Å². The predicted molar refractivity (Wildman–Crippen MR) is 120 cm³/mol. The van der Waals surface area contributed by atoms with Crippen LogP contribution in [0.25, 0.3) is 0 Å². The van der Waals surface area contributed by atoms with E-state index in [-0.39, 0.29) is 12.1 Å². The summed E-state index contributed by atoms with van der Waals surface area (Å²) in [6, 6.07) is 0. The first-order valence-corrected chi connectivity index (χ1v) is 11.8. The highest BCUT2D eigenvalue weighted by Gasteiger charge is 2.12.